The summed E-state index contributed by atoms with van der Waals surface area (Å²) in [6, 6.07) is 10.2. The number of aromatic nitrogens is 1. The standard InChI is InChI=1S/C15H16N2O/c1-15(2)12(9-13(18)17-15)11-7-3-5-10-6-4-8-16-14(10)11/h3-8,12H,9H2,1-2H3,(H,17,18). The summed E-state index contributed by atoms with van der Waals surface area (Å²) in [6.45, 7) is 4.15. The highest BCUT2D eigenvalue weighted by atomic mass is 16.2. The van der Waals surface area contributed by atoms with Crippen LogP contribution < -0.4 is 5.32 Å². The van der Waals surface area contributed by atoms with Crippen molar-refractivity contribution in [3.05, 3.63) is 42.1 Å². The second-order valence-electron chi connectivity index (χ2n) is 5.45. The predicted molar refractivity (Wildman–Crippen MR) is 71.3 cm³/mol. The number of nitrogens with one attached hydrogen (secondary N) is 1. The van der Waals surface area contributed by atoms with Crippen molar-refractivity contribution >= 4 is 16.8 Å². The van der Waals surface area contributed by atoms with Crippen LogP contribution in [0.4, 0.5) is 0 Å². The fourth-order valence-corrected chi connectivity index (χ4v) is 2.85. The van der Waals surface area contributed by atoms with Crippen molar-refractivity contribution in [1.29, 1.82) is 0 Å². The van der Waals surface area contributed by atoms with Gasteiger partial charge in [0.25, 0.3) is 0 Å². The number of amides is 1. The van der Waals surface area contributed by atoms with Crippen LogP contribution in [0.15, 0.2) is 36.5 Å². The summed E-state index contributed by atoms with van der Waals surface area (Å²) < 4.78 is 0. The molecule has 1 aliphatic heterocycles. The summed E-state index contributed by atoms with van der Waals surface area (Å²) in [6.07, 6.45) is 2.35. The van der Waals surface area contributed by atoms with Crippen LogP contribution in [-0.4, -0.2) is 16.4 Å². The lowest BCUT2D eigenvalue weighted by atomic mass is 9.82. The summed E-state index contributed by atoms with van der Waals surface area (Å²) >= 11 is 0. The molecule has 1 fully saturated rings. The number of carbonyl (C=O) groups is 1. The van der Waals surface area contributed by atoms with Gasteiger partial charge in [-0.2, -0.15) is 0 Å². The Balaban J connectivity index is 2.18. The SMILES string of the molecule is CC1(C)NC(=O)CC1c1cccc2cccnc12. The minimum atomic E-state index is -0.205. The molecule has 2 aromatic rings. The summed E-state index contributed by atoms with van der Waals surface area (Å²) in [5.74, 6) is 0.307. The summed E-state index contributed by atoms with van der Waals surface area (Å²) in [7, 11) is 0. The largest absolute Gasteiger partial charge is 0.351 e. The van der Waals surface area contributed by atoms with Gasteiger partial charge < -0.3 is 5.32 Å². The zero-order valence-corrected chi connectivity index (χ0v) is 10.6. The Labute approximate surface area is 106 Å². The van der Waals surface area contributed by atoms with E-state index in [0.29, 0.717) is 6.42 Å². The first-order valence-corrected chi connectivity index (χ1v) is 6.22. The number of pyridine rings is 1. The van der Waals surface area contributed by atoms with Crippen molar-refractivity contribution in [1.82, 2.24) is 10.3 Å². The van der Waals surface area contributed by atoms with Crippen molar-refractivity contribution in [2.75, 3.05) is 0 Å². The number of rotatable bonds is 1. The highest BCUT2D eigenvalue weighted by Gasteiger charge is 2.40. The van der Waals surface area contributed by atoms with Crippen LogP contribution in [-0.2, 0) is 4.79 Å². The Morgan fingerprint density at radius 3 is 2.78 bits per heavy atom. The second-order valence-corrected chi connectivity index (χ2v) is 5.45. The third-order valence-corrected chi connectivity index (χ3v) is 3.76. The van der Waals surface area contributed by atoms with Crippen LogP contribution in [0.25, 0.3) is 10.9 Å². The predicted octanol–water partition coefficient (Wildman–Crippen LogP) is 2.62. The molecule has 1 saturated heterocycles. The Bertz CT molecular complexity index is 613. The Hall–Kier alpha value is -1.90. The first-order chi connectivity index (χ1) is 8.58. The van der Waals surface area contributed by atoms with Crippen LogP contribution in [0.1, 0.15) is 31.7 Å². The molecule has 92 valence electrons. The van der Waals surface area contributed by atoms with Gasteiger partial charge in [0.15, 0.2) is 0 Å². The van der Waals surface area contributed by atoms with Crippen LogP contribution in [0, 0.1) is 0 Å². The number of carbonyl (C=O) groups excluding carboxylic acids is 1. The Morgan fingerprint density at radius 2 is 2.06 bits per heavy atom. The van der Waals surface area contributed by atoms with Crippen molar-refractivity contribution < 1.29 is 4.79 Å². The molecule has 1 aromatic carbocycles. The molecule has 3 nitrogen and oxygen atoms in total. The average molecular weight is 240 g/mol. The zero-order chi connectivity index (χ0) is 12.8. The van der Waals surface area contributed by atoms with Crippen molar-refractivity contribution in [2.24, 2.45) is 0 Å². The number of para-hydroxylation sites is 1. The first-order valence-electron chi connectivity index (χ1n) is 6.22. The lowest BCUT2D eigenvalue weighted by molar-refractivity contribution is -0.119. The van der Waals surface area contributed by atoms with E-state index in [2.05, 4.69) is 42.3 Å². The van der Waals surface area contributed by atoms with E-state index in [1.165, 1.54) is 0 Å². The van der Waals surface area contributed by atoms with E-state index in [1.54, 1.807) is 0 Å². The molecule has 0 saturated carbocycles. The second kappa shape index (κ2) is 3.80. The Kier molecular flexibility index (Phi) is 2.37. The molecule has 3 rings (SSSR count). The molecule has 0 bridgehead atoms. The monoisotopic (exact) mass is 240 g/mol. The van der Waals surface area contributed by atoms with Crippen LogP contribution in [0.2, 0.25) is 0 Å². The van der Waals surface area contributed by atoms with E-state index >= 15 is 0 Å². The molecule has 0 radical (unpaired) electrons. The maximum absolute atomic E-state index is 11.6. The molecule has 1 unspecified atom stereocenters. The number of nitrogens with zero attached hydrogens (tertiary/aromatic N) is 1. The maximum atomic E-state index is 11.6. The van der Waals surface area contributed by atoms with Crippen LogP contribution in [0.3, 0.4) is 0 Å². The molecule has 0 spiro atoms. The minimum Gasteiger partial charge on any atom is -0.351 e. The van der Waals surface area contributed by atoms with Crippen LogP contribution in [0.5, 0.6) is 0 Å². The Morgan fingerprint density at radius 1 is 1.28 bits per heavy atom. The molecule has 1 aliphatic rings. The van der Waals surface area contributed by atoms with Crippen molar-refractivity contribution in [3.8, 4) is 0 Å². The van der Waals surface area contributed by atoms with Gasteiger partial charge in [-0.05, 0) is 25.5 Å². The smallest absolute Gasteiger partial charge is 0.221 e. The number of benzene rings is 1. The number of hydrogen-bond acceptors (Lipinski definition) is 2. The highest BCUT2D eigenvalue weighted by molar-refractivity contribution is 5.86. The lowest BCUT2D eigenvalue weighted by Crippen LogP contribution is -2.38. The van der Waals surface area contributed by atoms with Gasteiger partial charge in [-0.3, -0.25) is 9.78 Å². The van der Waals surface area contributed by atoms with Crippen LogP contribution >= 0.6 is 0 Å². The molecule has 1 N–H and O–H groups in total. The van der Waals surface area contributed by atoms with Gasteiger partial charge in [-0.25, -0.2) is 0 Å². The van der Waals surface area contributed by atoms with Gasteiger partial charge in [0.2, 0.25) is 5.91 Å². The third-order valence-electron chi connectivity index (χ3n) is 3.76. The van der Waals surface area contributed by atoms with E-state index in [-0.39, 0.29) is 17.4 Å². The van der Waals surface area contributed by atoms with Gasteiger partial charge in [-0.1, -0.05) is 24.3 Å². The quantitative estimate of drug-likeness (QED) is 0.832. The molecule has 0 aliphatic carbocycles. The van der Waals surface area contributed by atoms with Gasteiger partial charge in [-0.15, -0.1) is 0 Å². The average Bonchev–Trinajstić information content (AvgIpc) is 2.61. The van der Waals surface area contributed by atoms with Gasteiger partial charge in [0.1, 0.15) is 0 Å². The van der Waals surface area contributed by atoms with E-state index in [0.717, 1.165) is 16.5 Å². The lowest BCUT2D eigenvalue weighted by Gasteiger charge is -2.27. The topological polar surface area (TPSA) is 42.0 Å². The molecule has 1 atom stereocenters. The maximum Gasteiger partial charge on any atom is 0.221 e. The highest BCUT2D eigenvalue weighted by Crippen LogP contribution is 2.38. The van der Waals surface area contributed by atoms with E-state index in [1.807, 2.05) is 18.3 Å². The van der Waals surface area contributed by atoms with E-state index < -0.39 is 0 Å². The molecule has 2 heterocycles. The molecule has 1 amide bonds. The van der Waals surface area contributed by atoms with Gasteiger partial charge >= 0.3 is 0 Å². The third kappa shape index (κ3) is 1.67. The molecule has 1 aromatic heterocycles. The molecular weight excluding hydrogens is 224 g/mol. The summed E-state index contributed by atoms with van der Waals surface area (Å²) in [4.78, 5) is 16.1. The van der Waals surface area contributed by atoms with E-state index in [4.69, 9.17) is 0 Å². The van der Waals surface area contributed by atoms with Gasteiger partial charge in [0, 0.05) is 29.5 Å². The summed E-state index contributed by atoms with van der Waals surface area (Å²) in [5.41, 5.74) is 1.97. The first kappa shape index (κ1) is 11.2. The molecule has 3 heteroatoms. The summed E-state index contributed by atoms with van der Waals surface area (Å²) in [5, 5.41) is 4.17. The number of fused-ring (bicyclic) bond motifs is 1. The van der Waals surface area contributed by atoms with Gasteiger partial charge in [0.05, 0.1) is 5.52 Å². The normalized spacial score (nSPS) is 22.1. The van der Waals surface area contributed by atoms with Crippen molar-refractivity contribution in [3.63, 3.8) is 0 Å². The van der Waals surface area contributed by atoms with Crippen molar-refractivity contribution in [2.45, 2.75) is 31.7 Å². The minimum absolute atomic E-state index is 0.123. The molecule has 18 heavy (non-hydrogen) atoms. The molecular formula is C15H16N2O. The van der Waals surface area contributed by atoms with E-state index in [9.17, 15) is 4.79 Å². The zero-order valence-electron chi connectivity index (χ0n) is 10.6. The fraction of sp³-hybridized carbons (Fsp3) is 0.333. The fourth-order valence-electron chi connectivity index (χ4n) is 2.85. The number of hydrogen-bond donors (Lipinski definition) is 1.